The van der Waals surface area contributed by atoms with Gasteiger partial charge in [-0.25, -0.2) is 0 Å². The Morgan fingerprint density at radius 1 is 1.21 bits per heavy atom. The van der Waals surface area contributed by atoms with E-state index in [9.17, 15) is 15.2 Å². The fraction of sp³-hybridized carbons (Fsp3) is 0.667. The topological polar surface area (TPSA) is 69.8 Å². The van der Waals surface area contributed by atoms with Crippen LogP contribution in [0.2, 0.25) is 0 Å². The summed E-state index contributed by atoms with van der Waals surface area (Å²) in [4.78, 5) is 15.6. The van der Waals surface area contributed by atoms with Crippen LogP contribution < -0.4 is 4.90 Å². The van der Waals surface area contributed by atoms with Crippen molar-refractivity contribution in [2.45, 2.75) is 58.2 Å². The molecule has 6 nitrogen and oxygen atoms in total. The van der Waals surface area contributed by atoms with Crippen molar-refractivity contribution in [3.05, 3.63) is 34.4 Å². The van der Waals surface area contributed by atoms with Crippen LogP contribution in [-0.2, 0) is 0 Å². The number of piperazine rings is 1. The van der Waals surface area contributed by atoms with Gasteiger partial charge >= 0.3 is 0 Å². The van der Waals surface area contributed by atoms with Gasteiger partial charge in [-0.05, 0) is 32.8 Å². The van der Waals surface area contributed by atoms with Crippen LogP contribution in [0.15, 0.2) is 24.3 Å². The minimum atomic E-state index is -0.743. The molecule has 0 radical (unpaired) electrons. The van der Waals surface area contributed by atoms with Crippen LogP contribution in [0.1, 0.15) is 40.5 Å². The van der Waals surface area contributed by atoms with Crippen LogP contribution in [0, 0.1) is 10.1 Å². The average molecular weight is 335 g/mol. The van der Waals surface area contributed by atoms with Crippen LogP contribution in [-0.4, -0.2) is 52.2 Å². The minimum Gasteiger partial charge on any atom is -0.389 e. The minimum absolute atomic E-state index is 0.168. The van der Waals surface area contributed by atoms with Gasteiger partial charge < -0.3 is 10.0 Å². The summed E-state index contributed by atoms with van der Waals surface area (Å²) in [5.74, 6) is 0. The molecule has 1 aliphatic heterocycles. The lowest BCUT2D eigenvalue weighted by molar-refractivity contribution is -0.384. The largest absolute Gasteiger partial charge is 0.389 e. The highest BCUT2D eigenvalue weighted by molar-refractivity contribution is 5.64. The molecule has 1 saturated heterocycles. The lowest BCUT2D eigenvalue weighted by Crippen LogP contribution is -2.60. The number of aliphatic hydroxyl groups is 1. The van der Waals surface area contributed by atoms with E-state index in [1.165, 1.54) is 0 Å². The van der Waals surface area contributed by atoms with Crippen LogP contribution in [0.25, 0.3) is 0 Å². The Morgan fingerprint density at radius 2 is 1.83 bits per heavy atom. The number of hydrogen-bond acceptors (Lipinski definition) is 5. The Bertz CT molecular complexity index is 571. The number of hydrogen-bond donors (Lipinski definition) is 1. The summed E-state index contributed by atoms with van der Waals surface area (Å²) in [6.45, 7) is 10.1. The third-order valence-electron chi connectivity index (χ3n) is 4.73. The van der Waals surface area contributed by atoms with Gasteiger partial charge in [0.15, 0.2) is 0 Å². The molecule has 1 aromatic rings. The Balaban J connectivity index is 2.31. The second-order valence-electron chi connectivity index (χ2n) is 7.26. The summed E-state index contributed by atoms with van der Waals surface area (Å²) in [7, 11) is 0. The predicted molar refractivity (Wildman–Crippen MR) is 96.5 cm³/mol. The molecule has 0 amide bonds. The molecule has 0 aliphatic carbocycles. The maximum atomic E-state index is 11.4. The fourth-order valence-corrected chi connectivity index (χ4v) is 3.59. The van der Waals surface area contributed by atoms with E-state index in [0.29, 0.717) is 12.2 Å². The highest BCUT2D eigenvalue weighted by Crippen LogP contribution is 2.33. The number of benzene rings is 1. The number of nitro benzene ring substituents is 1. The standard InChI is InChI=1S/C18H29N3O3/c1-5-14-12-20(16-9-7-8-10-17(16)21(23)24)15(6-2)11-19(14)13-18(3,4)22/h7-10,14-15,22H,5-6,11-13H2,1-4H3/t14-,15-/m1/s1. The predicted octanol–water partition coefficient (Wildman–Crippen LogP) is 3.04. The molecule has 0 aromatic heterocycles. The van der Waals surface area contributed by atoms with E-state index < -0.39 is 5.60 Å². The highest BCUT2D eigenvalue weighted by atomic mass is 16.6. The van der Waals surface area contributed by atoms with Crippen molar-refractivity contribution in [1.82, 2.24) is 4.90 Å². The molecule has 0 spiro atoms. The number of β-amino-alcohol motifs (C(OH)–C–C–N with tert-alkyl or cyclic N) is 1. The van der Waals surface area contributed by atoms with E-state index in [2.05, 4.69) is 23.6 Å². The van der Waals surface area contributed by atoms with Gasteiger partial charge in [-0.15, -0.1) is 0 Å². The first-order valence-corrected chi connectivity index (χ1v) is 8.73. The van der Waals surface area contributed by atoms with E-state index in [1.807, 2.05) is 26.0 Å². The van der Waals surface area contributed by atoms with Crippen molar-refractivity contribution in [2.75, 3.05) is 24.5 Å². The molecular weight excluding hydrogens is 306 g/mol. The van der Waals surface area contributed by atoms with Crippen LogP contribution in [0.4, 0.5) is 11.4 Å². The van der Waals surface area contributed by atoms with Crippen LogP contribution in [0.5, 0.6) is 0 Å². The monoisotopic (exact) mass is 335 g/mol. The van der Waals surface area contributed by atoms with Crippen molar-refractivity contribution in [3.63, 3.8) is 0 Å². The summed E-state index contributed by atoms with van der Waals surface area (Å²) < 4.78 is 0. The first-order chi connectivity index (χ1) is 11.3. The molecule has 134 valence electrons. The van der Waals surface area contributed by atoms with Crippen molar-refractivity contribution in [2.24, 2.45) is 0 Å². The van der Waals surface area contributed by atoms with E-state index in [0.717, 1.165) is 25.9 Å². The molecule has 1 aromatic carbocycles. The number of para-hydroxylation sites is 2. The van der Waals surface area contributed by atoms with Crippen molar-refractivity contribution < 1.29 is 10.0 Å². The fourth-order valence-electron chi connectivity index (χ4n) is 3.59. The van der Waals surface area contributed by atoms with Gasteiger partial charge in [0, 0.05) is 37.8 Å². The van der Waals surface area contributed by atoms with Gasteiger partial charge in [-0.2, -0.15) is 0 Å². The van der Waals surface area contributed by atoms with Gasteiger partial charge in [0.05, 0.1) is 10.5 Å². The number of nitro groups is 1. The Morgan fingerprint density at radius 3 is 2.38 bits per heavy atom. The van der Waals surface area contributed by atoms with Crippen LogP contribution >= 0.6 is 0 Å². The zero-order valence-electron chi connectivity index (χ0n) is 15.1. The summed E-state index contributed by atoms with van der Waals surface area (Å²) >= 11 is 0. The van der Waals surface area contributed by atoms with Gasteiger partial charge in [0.1, 0.15) is 5.69 Å². The molecule has 1 N–H and O–H groups in total. The quantitative estimate of drug-likeness (QED) is 0.639. The molecule has 1 aliphatic rings. The Kier molecular flexibility index (Phi) is 5.83. The van der Waals surface area contributed by atoms with Crippen molar-refractivity contribution in [1.29, 1.82) is 0 Å². The maximum Gasteiger partial charge on any atom is 0.292 e. The number of nitrogens with zero attached hydrogens (tertiary/aromatic N) is 3. The Labute approximate surface area is 144 Å². The molecule has 2 rings (SSSR count). The molecule has 1 heterocycles. The molecule has 24 heavy (non-hydrogen) atoms. The second-order valence-corrected chi connectivity index (χ2v) is 7.26. The van der Waals surface area contributed by atoms with Gasteiger partial charge in [0.2, 0.25) is 0 Å². The molecule has 0 unspecified atom stereocenters. The van der Waals surface area contributed by atoms with Gasteiger partial charge in [-0.3, -0.25) is 15.0 Å². The summed E-state index contributed by atoms with van der Waals surface area (Å²) in [5.41, 5.74) is 0.129. The van der Waals surface area contributed by atoms with E-state index in [4.69, 9.17) is 0 Å². The lowest BCUT2D eigenvalue weighted by atomic mass is 9.98. The van der Waals surface area contributed by atoms with Crippen molar-refractivity contribution >= 4 is 11.4 Å². The highest BCUT2D eigenvalue weighted by Gasteiger charge is 2.36. The Hall–Kier alpha value is -1.66. The first kappa shape index (κ1) is 18.7. The molecular formula is C18H29N3O3. The summed E-state index contributed by atoms with van der Waals surface area (Å²) in [6.07, 6.45) is 1.86. The zero-order valence-corrected chi connectivity index (χ0v) is 15.1. The van der Waals surface area contributed by atoms with Crippen LogP contribution in [0.3, 0.4) is 0 Å². The second kappa shape index (κ2) is 7.49. The lowest BCUT2D eigenvalue weighted by Gasteiger charge is -2.48. The van der Waals surface area contributed by atoms with E-state index in [1.54, 1.807) is 12.1 Å². The zero-order chi connectivity index (χ0) is 17.9. The summed E-state index contributed by atoms with van der Waals surface area (Å²) in [5, 5.41) is 21.6. The normalized spacial score (nSPS) is 22.6. The van der Waals surface area contributed by atoms with Crippen molar-refractivity contribution in [3.8, 4) is 0 Å². The van der Waals surface area contributed by atoms with E-state index in [-0.39, 0.29) is 22.7 Å². The molecule has 2 atom stereocenters. The maximum absolute atomic E-state index is 11.4. The smallest absolute Gasteiger partial charge is 0.292 e. The average Bonchev–Trinajstić information content (AvgIpc) is 2.53. The summed E-state index contributed by atoms with van der Waals surface area (Å²) in [6, 6.07) is 7.48. The third-order valence-corrected chi connectivity index (χ3v) is 4.73. The van der Waals surface area contributed by atoms with Gasteiger partial charge in [-0.1, -0.05) is 26.0 Å². The molecule has 1 fully saturated rings. The van der Waals surface area contributed by atoms with E-state index >= 15 is 0 Å². The molecule has 0 bridgehead atoms. The number of anilines is 1. The molecule has 6 heteroatoms. The van der Waals surface area contributed by atoms with Gasteiger partial charge in [0.25, 0.3) is 5.69 Å². The SMILES string of the molecule is CC[C@@H]1CN(c2ccccc2[N+](=O)[O-])[C@H](CC)CN1CC(C)(C)O. The first-order valence-electron chi connectivity index (χ1n) is 8.73. The number of rotatable bonds is 6. The third kappa shape index (κ3) is 4.24. The molecule has 0 saturated carbocycles.